The van der Waals surface area contributed by atoms with Crippen molar-refractivity contribution in [2.45, 2.75) is 45.1 Å². The maximum atomic E-state index is 13.6. The molecular weight excluding hydrogens is 514 g/mol. The van der Waals surface area contributed by atoms with Crippen molar-refractivity contribution in [1.29, 1.82) is 0 Å². The van der Waals surface area contributed by atoms with E-state index >= 15 is 0 Å². The molecule has 0 saturated carbocycles. The van der Waals surface area contributed by atoms with Crippen LogP contribution in [0.3, 0.4) is 0 Å². The number of halogens is 1. The molecule has 1 N–H and O–H groups in total. The molecule has 1 aliphatic heterocycles. The molecule has 7 nitrogen and oxygen atoms in total. The fourth-order valence-corrected chi connectivity index (χ4v) is 6.56. The predicted molar refractivity (Wildman–Crippen MR) is 131 cm³/mol. The van der Waals surface area contributed by atoms with E-state index in [-0.39, 0.29) is 40.0 Å². The van der Waals surface area contributed by atoms with Crippen LogP contribution in [0, 0.1) is 17.8 Å². The van der Waals surface area contributed by atoms with Gasteiger partial charge in [-0.05, 0) is 61.5 Å². The fraction of sp³-hybridized carbons (Fsp3) is 0.407. The van der Waals surface area contributed by atoms with Gasteiger partial charge in [-0.25, -0.2) is 0 Å². The number of likely N-dealkylation sites (tertiary alicyclic amines) is 1. The average molecular weight is 540 g/mol. The first-order chi connectivity index (χ1) is 16.5. The molecule has 4 aliphatic rings. The second kappa shape index (κ2) is 8.01. The van der Waals surface area contributed by atoms with Crippen molar-refractivity contribution >= 4 is 39.3 Å². The van der Waals surface area contributed by atoms with Gasteiger partial charge in [0.15, 0.2) is 11.6 Å². The number of hydrogen-bond donors (Lipinski definition) is 1. The fourth-order valence-electron chi connectivity index (χ4n) is 6.12. The largest absolute Gasteiger partial charge is 0.507 e. The molecular formula is C27H26BrNO6. The van der Waals surface area contributed by atoms with E-state index in [4.69, 9.17) is 4.74 Å². The Labute approximate surface area is 211 Å². The van der Waals surface area contributed by atoms with Crippen molar-refractivity contribution in [3.63, 3.8) is 0 Å². The molecule has 0 aromatic heterocycles. The number of rotatable bonds is 2. The highest BCUT2D eigenvalue weighted by Crippen LogP contribution is 2.56. The Balaban J connectivity index is 1.70. The van der Waals surface area contributed by atoms with E-state index in [0.717, 1.165) is 5.57 Å². The Hall–Kier alpha value is -3.00. The van der Waals surface area contributed by atoms with Crippen molar-refractivity contribution in [2.75, 3.05) is 7.11 Å². The minimum absolute atomic E-state index is 0.0658. The van der Waals surface area contributed by atoms with E-state index in [1.807, 2.05) is 26.8 Å². The highest BCUT2D eigenvalue weighted by molar-refractivity contribution is 9.12. The van der Waals surface area contributed by atoms with Gasteiger partial charge in [0.05, 0.1) is 23.4 Å². The summed E-state index contributed by atoms with van der Waals surface area (Å²) in [5.74, 6) is -2.91. The molecule has 1 heterocycles. The van der Waals surface area contributed by atoms with Crippen molar-refractivity contribution in [3.05, 3.63) is 57.1 Å². The zero-order chi connectivity index (χ0) is 25.4. The van der Waals surface area contributed by atoms with Crippen LogP contribution in [0.15, 0.2) is 51.6 Å². The van der Waals surface area contributed by atoms with Gasteiger partial charge >= 0.3 is 0 Å². The lowest BCUT2D eigenvalue weighted by Gasteiger charge is -2.42. The summed E-state index contributed by atoms with van der Waals surface area (Å²) in [4.78, 5) is 54.7. The highest BCUT2D eigenvalue weighted by Gasteiger charge is 2.58. The van der Waals surface area contributed by atoms with E-state index in [9.17, 15) is 24.3 Å². The summed E-state index contributed by atoms with van der Waals surface area (Å²) in [6, 6.07) is 4.85. The number of hydrogen-bond acceptors (Lipinski definition) is 6. The zero-order valence-electron chi connectivity index (χ0n) is 19.9. The summed E-state index contributed by atoms with van der Waals surface area (Å²) in [6.07, 6.45) is 3.77. The number of phenols is 1. The molecule has 1 saturated heterocycles. The molecule has 1 aromatic carbocycles. The van der Waals surface area contributed by atoms with Crippen molar-refractivity contribution in [3.8, 4) is 11.5 Å². The molecule has 35 heavy (non-hydrogen) atoms. The van der Waals surface area contributed by atoms with E-state index in [2.05, 4.69) is 15.9 Å². The van der Waals surface area contributed by atoms with Crippen LogP contribution in [-0.2, 0) is 19.2 Å². The summed E-state index contributed by atoms with van der Waals surface area (Å²) in [7, 11) is 1.49. The third-order valence-electron chi connectivity index (χ3n) is 7.55. The Morgan fingerprint density at radius 3 is 2.43 bits per heavy atom. The van der Waals surface area contributed by atoms with Crippen LogP contribution in [0.2, 0.25) is 0 Å². The number of allylic oxidation sites excluding steroid dienone is 6. The van der Waals surface area contributed by atoms with E-state index in [0.29, 0.717) is 28.9 Å². The Kier molecular flexibility index (Phi) is 5.43. The Morgan fingerprint density at radius 1 is 1.09 bits per heavy atom. The molecule has 0 spiro atoms. The number of benzene rings is 1. The number of Topliss-reactive ketones (excluding diaryl/α,β-unsaturated/α-hetero) is 1. The average Bonchev–Trinajstić information content (AvgIpc) is 3.06. The Morgan fingerprint density at radius 2 is 1.80 bits per heavy atom. The maximum Gasteiger partial charge on any atom is 0.234 e. The third kappa shape index (κ3) is 3.44. The van der Waals surface area contributed by atoms with E-state index < -0.39 is 29.2 Å². The zero-order valence-corrected chi connectivity index (χ0v) is 21.5. The number of amides is 2. The van der Waals surface area contributed by atoms with Gasteiger partial charge in [-0.1, -0.05) is 17.7 Å². The molecule has 1 aromatic rings. The number of methoxy groups -OCH3 is 1. The second-order valence-electron chi connectivity index (χ2n) is 10.5. The number of fused-ring (bicyclic) bond motifs is 3. The van der Waals surface area contributed by atoms with Crippen LogP contribution in [0.5, 0.6) is 11.5 Å². The van der Waals surface area contributed by atoms with E-state index in [1.54, 1.807) is 12.1 Å². The predicted octanol–water partition coefficient (Wildman–Crippen LogP) is 3.96. The molecule has 3 aliphatic carbocycles. The lowest BCUT2D eigenvalue weighted by atomic mass is 9.59. The molecule has 8 heteroatoms. The van der Waals surface area contributed by atoms with Crippen LogP contribution < -0.4 is 4.74 Å². The standard InChI is InChI=1S/C27H26BrNO6/c1-27(2,3)29-25(33)15-8-7-13-16(22(15)26(29)34)10-17-23(20(31)11-18(28)24(17)32)21(13)14-6-5-12(35-4)9-19(14)30/h5-7,9,11,15-16,21-22,30H,8,10H2,1-4H3/t15-,16+,21+,22-/m0/s1. The number of phenolic OH excluding ortho intramolecular Hbond substituents is 1. The molecule has 0 unspecified atom stereocenters. The Bertz CT molecular complexity index is 1300. The lowest BCUT2D eigenvalue weighted by molar-refractivity contribution is -0.145. The normalized spacial score (nSPS) is 28.4. The van der Waals surface area contributed by atoms with E-state index in [1.165, 1.54) is 24.2 Å². The smallest absolute Gasteiger partial charge is 0.234 e. The number of ether oxygens (including phenoxy) is 1. The number of imide groups is 1. The molecule has 1 fully saturated rings. The van der Waals surface area contributed by atoms with Crippen LogP contribution >= 0.6 is 15.9 Å². The summed E-state index contributed by atoms with van der Waals surface area (Å²) < 4.78 is 5.39. The van der Waals surface area contributed by atoms with Gasteiger partial charge in [0.25, 0.3) is 0 Å². The SMILES string of the molecule is COc1ccc([C@H]2C3=CC[C@@H]4C(=O)N(C(C)(C)C)C(=O)[C@@H]4[C@@H]3CC3=C2C(=O)C=C(Br)C3=O)c(O)c1. The van der Waals surface area contributed by atoms with Crippen LogP contribution in [-0.4, -0.2) is 46.0 Å². The minimum atomic E-state index is -0.699. The second-order valence-corrected chi connectivity index (χ2v) is 11.4. The molecule has 0 bridgehead atoms. The quantitative estimate of drug-likeness (QED) is 0.346. The van der Waals surface area contributed by atoms with Gasteiger partial charge in [0.1, 0.15) is 11.5 Å². The topological polar surface area (TPSA) is 101 Å². The van der Waals surface area contributed by atoms with Crippen LogP contribution in [0.25, 0.3) is 0 Å². The van der Waals surface area contributed by atoms with Gasteiger partial charge in [0.2, 0.25) is 11.8 Å². The monoisotopic (exact) mass is 539 g/mol. The molecule has 4 atom stereocenters. The summed E-state index contributed by atoms with van der Waals surface area (Å²) in [5, 5.41) is 10.9. The number of ketones is 2. The van der Waals surface area contributed by atoms with Crippen LogP contribution in [0.1, 0.15) is 45.1 Å². The van der Waals surface area contributed by atoms with Gasteiger partial charge in [-0.2, -0.15) is 0 Å². The lowest BCUT2D eigenvalue weighted by Crippen LogP contribution is -2.46. The first-order valence-electron chi connectivity index (χ1n) is 11.6. The number of carbonyl (C=O) groups is 4. The van der Waals surface area contributed by atoms with Crippen LogP contribution in [0.4, 0.5) is 0 Å². The molecule has 0 radical (unpaired) electrons. The maximum absolute atomic E-state index is 13.6. The number of nitrogens with zero attached hydrogens (tertiary/aromatic N) is 1. The number of carbonyl (C=O) groups excluding carboxylic acids is 4. The first kappa shape index (κ1) is 23.7. The number of aromatic hydroxyl groups is 1. The summed E-state index contributed by atoms with van der Waals surface area (Å²) >= 11 is 3.21. The first-order valence-corrected chi connectivity index (χ1v) is 12.4. The third-order valence-corrected chi connectivity index (χ3v) is 8.14. The van der Waals surface area contributed by atoms with Gasteiger partial charge in [0, 0.05) is 40.3 Å². The van der Waals surface area contributed by atoms with Crippen molar-refractivity contribution in [2.24, 2.45) is 17.8 Å². The van der Waals surface area contributed by atoms with Gasteiger partial charge < -0.3 is 9.84 Å². The highest BCUT2D eigenvalue weighted by atomic mass is 79.9. The van der Waals surface area contributed by atoms with Crippen molar-refractivity contribution in [1.82, 2.24) is 4.90 Å². The van der Waals surface area contributed by atoms with Gasteiger partial charge in [-0.15, -0.1) is 0 Å². The molecule has 2 amide bonds. The van der Waals surface area contributed by atoms with Crippen molar-refractivity contribution < 1.29 is 29.0 Å². The summed E-state index contributed by atoms with van der Waals surface area (Å²) in [6.45, 7) is 5.50. The molecule has 182 valence electrons. The molecule has 5 rings (SSSR count). The summed E-state index contributed by atoms with van der Waals surface area (Å²) in [5.41, 5.74) is 1.26. The minimum Gasteiger partial charge on any atom is -0.507 e. The van der Waals surface area contributed by atoms with Gasteiger partial charge in [-0.3, -0.25) is 24.1 Å².